The molecule has 5 aromatic carbocycles. The summed E-state index contributed by atoms with van der Waals surface area (Å²) in [4.78, 5) is 135. The fraction of sp³-hybridized carbons (Fsp3) is 0.424. The lowest BCUT2D eigenvalue weighted by molar-refractivity contribution is -0.165. The first-order valence-corrected chi connectivity index (χ1v) is 26.0. The molecule has 18 nitrogen and oxygen atoms in total. The van der Waals surface area contributed by atoms with Crippen molar-refractivity contribution >= 4 is 102 Å². The van der Waals surface area contributed by atoms with Crippen molar-refractivity contribution in [2.24, 2.45) is 11.8 Å². The minimum atomic E-state index is -1.20. The second-order valence-electron chi connectivity index (χ2n) is 20.7. The van der Waals surface area contributed by atoms with Gasteiger partial charge in [0.25, 0.3) is 23.6 Å². The summed E-state index contributed by atoms with van der Waals surface area (Å²) in [5.41, 5.74) is 1.34. The first-order chi connectivity index (χ1) is 36.6. The van der Waals surface area contributed by atoms with Crippen LogP contribution in [-0.4, -0.2) is 120 Å². The smallest absolute Gasteiger partial charge is 0.333 e. The molecule has 7 rings (SSSR count). The maximum absolute atomic E-state index is 14.7. The number of fused-ring (bicyclic) bond motifs is 2. The zero-order valence-electron chi connectivity index (χ0n) is 44.6. The molecular formula is C59H65N3O15. The zero-order chi connectivity index (χ0) is 56.0. The Morgan fingerprint density at radius 1 is 0.481 bits per heavy atom. The average molecular weight is 1060 g/mol. The van der Waals surface area contributed by atoms with Gasteiger partial charge < -0.3 is 29.0 Å². The van der Waals surface area contributed by atoms with Gasteiger partial charge in [0.2, 0.25) is 5.91 Å². The van der Waals surface area contributed by atoms with E-state index < -0.39 is 97.7 Å². The van der Waals surface area contributed by atoms with Crippen molar-refractivity contribution in [2.45, 2.75) is 118 Å². The van der Waals surface area contributed by atoms with Gasteiger partial charge in [0, 0.05) is 64.1 Å². The summed E-state index contributed by atoms with van der Waals surface area (Å²) < 4.78 is 26.9. The summed E-state index contributed by atoms with van der Waals surface area (Å²) >= 11 is 0. The number of unbranched alkanes of at least 4 members (excludes halogenated alkanes) is 2. The van der Waals surface area contributed by atoms with Crippen LogP contribution >= 0.6 is 0 Å². The average Bonchev–Trinajstić information content (AvgIpc) is 3.42. The number of hydrogen-bond donors (Lipinski definition) is 1. The molecule has 1 N–H and O–H groups in total. The normalized spacial score (nSPS) is 14.0. The maximum atomic E-state index is 14.7. The Balaban J connectivity index is 1.09. The summed E-state index contributed by atoms with van der Waals surface area (Å²) in [7, 11) is 0. The highest BCUT2D eigenvalue weighted by Gasteiger charge is 2.42. The highest BCUT2D eigenvalue weighted by atomic mass is 16.6. The Hall–Kier alpha value is -8.02. The molecule has 5 aromatic rings. The van der Waals surface area contributed by atoms with Gasteiger partial charge in [0.05, 0.1) is 24.9 Å². The number of nitrogens with one attached hydrogen (secondary N) is 1. The van der Waals surface area contributed by atoms with Crippen molar-refractivity contribution in [2.75, 3.05) is 33.0 Å². The van der Waals surface area contributed by atoms with E-state index in [9.17, 15) is 47.9 Å². The van der Waals surface area contributed by atoms with Crippen LogP contribution in [0.5, 0.6) is 0 Å². The lowest BCUT2D eigenvalue weighted by Crippen LogP contribution is -2.49. The van der Waals surface area contributed by atoms with E-state index in [0.29, 0.717) is 86.4 Å². The summed E-state index contributed by atoms with van der Waals surface area (Å²) in [6, 6.07) is 12.3. The van der Waals surface area contributed by atoms with E-state index in [1.807, 2.05) is 39.8 Å². The maximum Gasteiger partial charge on any atom is 0.333 e. The van der Waals surface area contributed by atoms with Crippen molar-refractivity contribution in [3.05, 3.63) is 95.1 Å². The monoisotopic (exact) mass is 1060 g/mol. The number of carbonyl (C=O) groups excluding carboxylic acids is 10. The SMILES string of the molecule is C=C(C)C(=O)OCC(COC(=O)C(=C)C)OC(=O)CCC(=O)OCC(CC(C)C)N1C(=O)c2ccc3c4ccc5c6c(ccc(c7ccc(c2c37)C1=O)c64)C(=O)N(C(COC(=O)CCCCCNC(C)=O)CC(C)C)C5=O. The van der Waals surface area contributed by atoms with Crippen LogP contribution in [0.3, 0.4) is 0 Å². The molecule has 2 atom stereocenters. The van der Waals surface area contributed by atoms with Crippen LogP contribution in [0.1, 0.15) is 141 Å². The molecule has 0 saturated heterocycles. The molecular weight excluding hydrogens is 991 g/mol. The van der Waals surface area contributed by atoms with E-state index in [1.165, 1.54) is 25.7 Å². The second kappa shape index (κ2) is 24.3. The minimum Gasteiger partial charge on any atom is -0.463 e. The number of carbonyl (C=O) groups is 10. The molecule has 0 bridgehead atoms. The van der Waals surface area contributed by atoms with Crippen LogP contribution < -0.4 is 5.32 Å². The molecule has 2 heterocycles. The van der Waals surface area contributed by atoms with E-state index in [0.717, 1.165) is 4.90 Å². The third-order valence-corrected chi connectivity index (χ3v) is 13.5. The lowest BCUT2D eigenvalue weighted by atomic mass is 9.81. The van der Waals surface area contributed by atoms with Crippen molar-refractivity contribution in [1.29, 1.82) is 0 Å². The van der Waals surface area contributed by atoms with Gasteiger partial charge in [-0.2, -0.15) is 0 Å². The molecule has 0 fully saturated rings. The summed E-state index contributed by atoms with van der Waals surface area (Å²) in [6.45, 7) is 18.1. The molecule has 0 spiro atoms. The van der Waals surface area contributed by atoms with Gasteiger partial charge in [-0.3, -0.25) is 48.2 Å². The Morgan fingerprint density at radius 3 is 1.22 bits per heavy atom. The van der Waals surface area contributed by atoms with E-state index in [2.05, 4.69) is 18.5 Å². The molecule has 18 heteroatoms. The molecule has 0 aromatic heterocycles. The molecule has 0 radical (unpaired) electrons. The van der Waals surface area contributed by atoms with Gasteiger partial charge in [0.1, 0.15) is 26.4 Å². The van der Waals surface area contributed by atoms with Crippen molar-refractivity contribution in [3.63, 3.8) is 0 Å². The predicted octanol–water partition coefficient (Wildman–Crippen LogP) is 8.47. The molecule has 2 aliphatic rings. The van der Waals surface area contributed by atoms with Crippen LogP contribution in [0, 0.1) is 11.8 Å². The largest absolute Gasteiger partial charge is 0.463 e. The topological polar surface area (TPSA) is 235 Å². The van der Waals surface area contributed by atoms with Crippen LogP contribution in [0.15, 0.2) is 72.8 Å². The number of imide groups is 2. The van der Waals surface area contributed by atoms with Gasteiger partial charge in [0.15, 0.2) is 6.10 Å². The lowest BCUT2D eigenvalue weighted by Gasteiger charge is -2.35. The molecule has 77 heavy (non-hydrogen) atoms. The summed E-state index contributed by atoms with van der Waals surface area (Å²) in [5, 5.41) is 7.81. The molecule has 406 valence electrons. The minimum absolute atomic E-state index is 0.0486. The molecule has 0 saturated carbocycles. The molecule has 0 aliphatic carbocycles. The highest BCUT2D eigenvalue weighted by molar-refractivity contribution is 6.41. The van der Waals surface area contributed by atoms with E-state index in [-0.39, 0.29) is 66.1 Å². The van der Waals surface area contributed by atoms with Crippen molar-refractivity contribution in [1.82, 2.24) is 15.1 Å². The number of hydrogen-bond acceptors (Lipinski definition) is 15. The summed E-state index contributed by atoms with van der Waals surface area (Å²) in [5.74, 6) is -5.94. The van der Waals surface area contributed by atoms with Crippen LogP contribution in [-0.2, 0) is 52.5 Å². The first-order valence-electron chi connectivity index (χ1n) is 26.0. The fourth-order valence-corrected chi connectivity index (χ4v) is 10.1. The third-order valence-electron chi connectivity index (χ3n) is 13.5. The highest BCUT2D eigenvalue weighted by Crippen LogP contribution is 2.47. The number of ether oxygens (including phenoxy) is 5. The Kier molecular flexibility index (Phi) is 17.9. The Bertz CT molecular complexity index is 3090. The van der Waals surface area contributed by atoms with Gasteiger partial charge >= 0.3 is 29.8 Å². The number of nitrogens with zero attached hydrogens (tertiary/aromatic N) is 2. The number of amides is 5. The second-order valence-corrected chi connectivity index (χ2v) is 20.7. The Morgan fingerprint density at radius 2 is 0.857 bits per heavy atom. The van der Waals surface area contributed by atoms with Gasteiger partial charge in [-0.05, 0) is 108 Å². The van der Waals surface area contributed by atoms with Gasteiger partial charge in [-0.15, -0.1) is 0 Å². The van der Waals surface area contributed by atoms with E-state index in [1.54, 1.807) is 36.4 Å². The van der Waals surface area contributed by atoms with Crippen molar-refractivity contribution in [3.8, 4) is 0 Å². The third kappa shape index (κ3) is 12.5. The van der Waals surface area contributed by atoms with Crippen molar-refractivity contribution < 1.29 is 71.6 Å². The number of esters is 5. The van der Waals surface area contributed by atoms with Gasteiger partial charge in [-0.1, -0.05) is 71.5 Å². The van der Waals surface area contributed by atoms with Crippen LogP contribution in [0.2, 0.25) is 0 Å². The van der Waals surface area contributed by atoms with Crippen LogP contribution in [0.4, 0.5) is 0 Å². The standard InChI is InChI=1S/C59H65N3O15/c1-31(2)25-36(27-73-47(64)13-11-10-12-24-60-35(9)63)61-54(67)43-18-14-39-41-16-20-45-53-46(21-17-42(51(41)53)40-15-19-44(55(61)68)52(43)50(39)40)57(70)62(56(45)69)37(26-32(3)4)28-74-48(65)22-23-49(66)77-38(29-75-58(71)33(5)6)30-76-59(72)34(7)8/h14-21,31-32,36-38H,5,7,10-13,22-30H2,1-4,6,8-9H3,(H,60,63). The van der Waals surface area contributed by atoms with Gasteiger partial charge in [-0.25, -0.2) is 9.59 Å². The number of benzene rings is 5. The fourth-order valence-electron chi connectivity index (χ4n) is 10.1. The quantitative estimate of drug-likeness (QED) is 0.0104. The summed E-state index contributed by atoms with van der Waals surface area (Å²) in [6.07, 6.45) is 0.725. The van der Waals surface area contributed by atoms with E-state index >= 15 is 0 Å². The number of rotatable bonds is 26. The molecule has 2 aliphatic heterocycles. The van der Waals surface area contributed by atoms with E-state index in [4.69, 9.17) is 23.7 Å². The zero-order valence-corrected chi connectivity index (χ0v) is 44.6. The van der Waals surface area contributed by atoms with Crippen LogP contribution in [0.25, 0.3) is 43.1 Å². The first kappa shape index (κ1) is 56.7. The Labute approximate surface area is 445 Å². The molecule has 5 amide bonds. The predicted molar refractivity (Wildman–Crippen MR) is 285 cm³/mol. The molecule has 2 unspecified atom stereocenters.